The van der Waals surface area contributed by atoms with E-state index in [1.54, 1.807) is 0 Å². The van der Waals surface area contributed by atoms with E-state index in [1.807, 2.05) is 32.3 Å². The van der Waals surface area contributed by atoms with Crippen molar-refractivity contribution >= 4 is 19.4 Å². The number of nitrogens with zero attached hydrogens (tertiary/aromatic N) is 3. The molecule has 0 N–H and O–H groups in total. The summed E-state index contributed by atoms with van der Waals surface area (Å²) in [5, 5.41) is 13.8. The maximum atomic E-state index is 9.92. The van der Waals surface area contributed by atoms with E-state index in [9.17, 15) is 5.26 Å². The Hall–Kier alpha value is -1.34. The number of nitriles is 1. The predicted molar refractivity (Wildman–Crippen MR) is 124 cm³/mol. The normalized spacial score (nSPS) is 12.3. The van der Waals surface area contributed by atoms with Crippen LogP contribution in [0.2, 0.25) is 15.8 Å². The first-order valence-corrected chi connectivity index (χ1v) is 16.4. The Bertz CT molecular complexity index is 632. The van der Waals surface area contributed by atoms with Crippen LogP contribution < -0.4 is 0 Å². The molecule has 1 aromatic carbocycles. The Labute approximate surface area is 176 Å². The first-order valence-electron chi connectivity index (χ1n) is 11.0. The van der Waals surface area contributed by atoms with Crippen molar-refractivity contribution in [2.75, 3.05) is 14.1 Å². The number of hydrogen-bond acceptors (Lipinski definition) is 3. The van der Waals surface area contributed by atoms with Crippen molar-refractivity contribution in [3.05, 3.63) is 41.5 Å². The zero-order chi connectivity index (χ0) is 20.8. The molecule has 1 aromatic rings. The summed E-state index contributed by atoms with van der Waals surface area (Å²) in [6, 6.07) is 12.6. The van der Waals surface area contributed by atoms with Gasteiger partial charge in [0.05, 0.1) is 0 Å². The summed E-state index contributed by atoms with van der Waals surface area (Å²) in [5.41, 5.74) is 1.77. The van der Waals surface area contributed by atoms with E-state index in [0.29, 0.717) is 5.57 Å². The van der Waals surface area contributed by atoms with Gasteiger partial charge >= 0.3 is 176 Å². The van der Waals surface area contributed by atoms with Crippen LogP contribution in [0, 0.1) is 11.3 Å². The summed E-state index contributed by atoms with van der Waals surface area (Å²) < 4.78 is 5.22. The molecular weight excluding hydrogens is 403 g/mol. The second-order valence-electron chi connectivity index (χ2n) is 8.06. The molecule has 0 aliphatic carbocycles. The number of likely N-dealkylation sites (N-methyl/N-ethyl adjacent to an activating group) is 1. The van der Waals surface area contributed by atoms with Crippen molar-refractivity contribution in [2.24, 2.45) is 3.95 Å². The first-order chi connectivity index (χ1) is 13.5. The van der Waals surface area contributed by atoms with Gasteiger partial charge in [-0.2, -0.15) is 0 Å². The quantitative estimate of drug-likeness (QED) is 0.193. The van der Waals surface area contributed by atoms with Crippen LogP contribution in [0.15, 0.2) is 39.9 Å². The van der Waals surface area contributed by atoms with Gasteiger partial charge in [0.1, 0.15) is 0 Å². The van der Waals surface area contributed by atoms with Gasteiger partial charge in [-0.1, -0.05) is 0 Å². The van der Waals surface area contributed by atoms with Gasteiger partial charge in [0.15, 0.2) is 0 Å². The van der Waals surface area contributed by atoms with Crippen LogP contribution in [0.3, 0.4) is 0 Å². The average Bonchev–Trinajstić information content (AvgIpc) is 2.71. The van der Waals surface area contributed by atoms with Crippen LogP contribution in [-0.4, -0.2) is 38.4 Å². The molecule has 0 amide bonds. The predicted octanol–water partition coefficient (Wildman–Crippen LogP) is 6.75. The number of unbranched alkanes of at least 4 members (excludes halogenated alkanes) is 3. The van der Waals surface area contributed by atoms with Crippen molar-refractivity contribution < 1.29 is 0 Å². The molecule has 0 radical (unpaired) electrons. The van der Waals surface area contributed by atoms with E-state index in [1.165, 1.54) is 54.3 Å². The molecule has 0 aromatic heterocycles. The Morgan fingerprint density at radius 2 is 1.46 bits per heavy atom. The molecule has 0 bridgehead atoms. The fourth-order valence-corrected chi connectivity index (χ4v) is 13.1. The Kier molecular flexibility index (Phi) is 12.2. The SMILES string of the molecule is CCC[CH2][Ge]([CH2]CCC)([CH2]CCC)[N]=C=C(C#N)C(c1ccccc1)N(C)C. The van der Waals surface area contributed by atoms with E-state index in [0.717, 1.165) is 5.56 Å². The molecule has 0 saturated carbocycles. The number of benzene rings is 1. The molecule has 4 heteroatoms. The van der Waals surface area contributed by atoms with Crippen LogP contribution in [-0.2, 0) is 0 Å². The van der Waals surface area contributed by atoms with E-state index < -0.39 is 13.5 Å². The second-order valence-corrected chi connectivity index (χ2v) is 16.8. The summed E-state index contributed by atoms with van der Waals surface area (Å²) in [5.74, 6) is 3.34. The monoisotopic (exact) mass is 443 g/mol. The van der Waals surface area contributed by atoms with E-state index in [2.05, 4.69) is 49.7 Å². The molecule has 154 valence electrons. The summed E-state index contributed by atoms with van der Waals surface area (Å²) in [7, 11) is 4.05. The number of rotatable bonds is 13. The average molecular weight is 442 g/mol. The summed E-state index contributed by atoms with van der Waals surface area (Å²) >= 11 is -2.40. The van der Waals surface area contributed by atoms with Gasteiger partial charge in [0, 0.05) is 0 Å². The molecule has 0 aliphatic heterocycles. The molecule has 1 rings (SSSR count). The zero-order valence-corrected chi connectivity index (χ0v) is 20.8. The molecule has 1 atom stereocenters. The van der Waals surface area contributed by atoms with Gasteiger partial charge in [-0.05, 0) is 0 Å². The standard InChI is InChI=1S/C24H39GeN3/c1-6-9-17-25(18-10-7-2,19-11-8-3)27-21-23(20-26)24(28(4)5)22-15-13-12-14-16-22/h12-16,24H,6-11,17-19H2,1-5H3. The zero-order valence-electron chi connectivity index (χ0n) is 18.7. The Morgan fingerprint density at radius 3 is 1.86 bits per heavy atom. The molecule has 0 fully saturated rings. The molecule has 0 spiro atoms. The molecular formula is C24H39GeN3. The van der Waals surface area contributed by atoms with Crippen LogP contribution in [0.25, 0.3) is 0 Å². The molecule has 0 heterocycles. The Balaban J connectivity index is 3.37. The molecule has 0 saturated heterocycles. The van der Waals surface area contributed by atoms with Gasteiger partial charge in [-0.3, -0.25) is 0 Å². The van der Waals surface area contributed by atoms with Crippen LogP contribution in [0.1, 0.15) is 70.9 Å². The van der Waals surface area contributed by atoms with Gasteiger partial charge in [-0.15, -0.1) is 0 Å². The van der Waals surface area contributed by atoms with Crippen molar-refractivity contribution in [3.8, 4) is 6.07 Å². The van der Waals surface area contributed by atoms with Gasteiger partial charge in [0.2, 0.25) is 0 Å². The van der Waals surface area contributed by atoms with E-state index in [-0.39, 0.29) is 6.04 Å². The molecule has 3 nitrogen and oxygen atoms in total. The second kappa shape index (κ2) is 13.8. The fraction of sp³-hybridized carbons (Fsp3) is 0.625. The molecule has 0 aliphatic rings. The van der Waals surface area contributed by atoms with Gasteiger partial charge in [-0.25, -0.2) is 0 Å². The van der Waals surface area contributed by atoms with Gasteiger partial charge < -0.3 is 0 Å². The van der Waals surface area contributed by atoms with E-state index >= 15 is 0 Å². The summed E-state index contributed by atoms with van der Waals surface area (Å²) in [6.45, 7) is 6.80. The topological polar surface area (TPSA) is 39.4 Å². The van der Waals surface area contributed by atoms with Crippen molar-refractivity contribution in [3.63, 3.8) is 0 Å². The third-order valence-corrected chi connectivity index (χ3v) is 14.7. The van der Waals surface area contributed by atoms with Crippen LogP contribution in [0.4, 0.5) is 0 Å². The minimum atomic E-state index is -2.40. The van der Waals surface area contributed by atoms with Crippen molar-refractivity contribution in [2.45, 2.75) is 81.1 Å². The third-order valence-electron chi connectivity index (χ3n) is 5.43. The molecule has 28 heavy (non-hydrogen) atoms. The first kappa shape index (κ1) is 24.7. The van der Waals surface area contributed by atoms with Crippen molar-refractivity contribution in [1.82, 2.24) is 4.90 Å². The van der Waals surface area contributed by atoms with E-state index in [4.69, 9.17) is 3.95 Å². The molecule has 1 unspecified atom stereocenters. The van der Waals surface area contributed by atoms with Crippen molar-refractivity contribution in [1.29, 1.82) is 5.26 Å². The summed E-state index contributed by atoms with van der Waals surface area (Å²) in [4.78, 5) is 2.09. The van der Waals surface area contributed by atoms with Crippen LogP contribution >= 0.6 is 0 Å². The Morgan fingerprint density at radius 1 is 0.964 bits per heavy atom. The number of hydrogen-bond donors (Lipinski definition) is 0. The fourth-order valence-electron chi connectivity index (χ4n) is 3.74. The summed E-state index contributed by atoms with van der Waals surface area (Å²) in [6.07, 6.45) is 7.45. The minimum absolute atomic E-state index is 0.0847. The van der Waals surface area contributed by atoms with Gasteiger partial charge in [0.25, 0.3) is 0 Å². The third kappa shape index (κ3) is 7.96. The van der Waals surface area contributed by atoms with Crippen LogP contribution in [0.5, 0.6) is 0 Å². The maximum absolute atomic E-state index is 9.92.